The lowest BCUT2D eigenvalue weighted by Crippen LogP contribution is -2.44. The number of halogens is 1. The van der Waals surface area contributed by atoms with Crippen molar-refractivity contribution in [2.24, 2.45) is 5.92 Å². The summed E-state index contributed by atoms with van der Waals surface area (Å²) >= 11 is 5.97. The Morgan fingerprint density at radius 3 is 2.82 bits per heavy atom. The van der Waals surface area contributed by atoms with E-state index in [9.17, 15) is 9.90 Å². The molecule has 1 aromatic carbocycles. The van der Waals surface area contributed by atoms with Gasteiger partial charge in [-0.15, -0.1) is 5.10 Å². The first kappa shape index (κ1) is 16.4. The third kappa shape index (κ3) is 3.61. The lowest BCUT2D eigenvalue weighted by Gasteiger charge is -2.27. The summed E-state index contributed by atoms with van der Waals surface area (Å²) in [4.78, 5) is 12.4. The summed E-state index contributed by atoms with van der Waals surface area (Å²) in [5.41, 5.74) is -0.154. The van der Waals surface area contributed by atoms with E-state index in [0.29, 0.717) is 16.3 Å². The minimum Gasteiger partial charge on any atom is -0.388 e. The van der Waals surface area contributed by atoms with E-state index < -0.39 is 5.60 Å². The minimum atomic E-state index is -0.997. The van der Waals surface area contributed by atoms with Crippen LogP contribution in [0, 0.1) is 5.92 Å². The lowest BCUT2D eigenvalue weighted by atomic mass is 9.92. The van der Waals surface area contributed by atoms with E-state index in [0.717, 1.165) is 0 Å². The van der Waals surface area contributed by atoms with Gasteiger partial charge in [0.2, 0.25) is 0 Å². The van der Waals surface area contributed by atoms with Gasteiger partial charge in [-0.25, -0.2) is 0 Å². The molecule has 1 atom stereocenters. The van der Waals surface area contributed by atoms with Gasteiger partial charge in [0, 0.05) is 11.6 Å². The summed E-state index contributed by atoms with van der Waals surface area (Å²) < 4.78 is 1.38. The first-order valence-electron chi connectivity index (χ1n) is 6.85. The molecular weight excluding hydrogens is 306 g/mol. The van der Waals surface area contributed by atoms with Gasteiger partial charge in [0.25, 0.3) is 5.91 Å². The Kier molecular flexibility index (Phi) is 4.77. The molecule has 7 nitrogen and oxygen atoms in total. The van der Waals surface area contributed by atoms with Crippen LogP contribution in [0.2, 0.25) is 5.02 Å². The van der Waals surface area contributed by atoms with Crippen molar-refractivity contribution >= 4 is 17.5 Å². The average Bonchev–Trinajstić information content (AvgIpc) is 2.98. The minimum absolute atomic E-state index is 0.00569. The molecule has 0 radical (unpaired) electrons. The highest BCUT2D eigenvalue weighted by Crippen LogP contribution is 2.20. The number of hydrogen-bond donors (Lipinski definition) is 2. The summed E-state index contributed by atoms with van der Waals surface area (Å²) in [5.74, 6) is -0.347. The van der Waals surface area contributed by atoms with Crippen molar-refractivity contribution in [2.45, 2.75) is 26.4 Å². The molecule has 0 aliphatic carbocycles. The number of amides is 1. The fourth-order valence-corrected chi connectivity index (χ4v) is 1.89. The summed E-state index contributed by atoms with van der Waals surface area (Å²) in [6, 6.07) is 4.85. The topological polar surface area (TPSA) is 92.9 Å². The quantitative estimate of drug-likeness (QED) is 0.868. The second-order valence-electron chi connectivity index (χ2n) is 5.61. The number of rotatable bonds is 5. The number of nitrogens with one attached hydrogen (secondary N) is 1. The Morgan fingerprint density at radius 2 is 2.23 bits per heavy atom. The van der Waals surface area contributed by atoms with E-state index in [1.807, 2.05) is 13.8 Å². The van der Waals surface area contributed by atoms with E-state index in [-0.39, 0.29) is 18.4 Å². The molecule has 0 fully saturated rings. The Balaban J connectivity index is 2.24. The number of carbonyl (C=O) groups is 1. The number of benzene rings is 1. The van der Waals surface area contributed by atoms with Gasteiger partial charge in [0.1, 0.15) is 6.33 Å². The standard InChI is InChI=1S/C14H18ClN5O2/c1-9(2)14(3,22)7-16-13(21)11-6-10(15)4-5-12(11)20-8-17-18-19-20/h4-6,8-9,22H,7H2,1-3H3,(H,16,21). The number of aromatic nitrogens is 4. The zero-order valence-electron chi connectivity index (χ0n) is 12.6. The van der Waals surface area contributed by atoms with E-state index in [4.69, 9.17) is 11.6 Å². The summed E-state index contributed by atoms with van der Waals surface area (Å²) in [7, 11) is 0. The predicted molar refractivity (Wildman–Crippen MR) is 82.0 cm³/mol. The van der Waals surface area contributed by atoms with Crippen LogP contribution < -0.4 is 5.32 Å². The molecule has 0 aliphatic heterocycles. The molecule has 22 heavy (non-hydrogen) atoms. The van der Waals surface area contributed by atoms with Gasteiger partial charge in [-0.05, 0) is 41.5 Å². The molecule has 1 unspecified atom stereocenters. The van der Waals surface area contributed by atoms with Crippen LogP contribution >= 0.6 is 11.6 Å². The van der Waals surface area contributed by atoms with Crippen molar-refractivity contribution in [1.82, 2.24) is 25.5 Å². The van der Waals surface area contributed by atoms with Gasteiger partial charge < -0.3 is 10.4 Å². The Bertz CT molecular complexity index is 655. The Labute approximate surface area is 133 Å². The maximum Gasteiger partial charge on any atom is 0.253 e. The van der Waals surface area contributed by atoms with Gasteiger partial charge >= 0.3 is 0 Å². The first-order chi connectivity index (χ1) is 10.3. The van der Waals surface area contributed by atoms with Crippen LogP contribution in [0.5, 0.6) is 0 Å². The van der Waals surface area contributed by atoms with Crippen LogP contribution in [0.3, 0.4) is 0 Å². The van der Waals surface area contributed by atoms with Gasteiger partial charge in [-0.1, -0.05) is 25.4 Å². The van der Waals surface area contributed by atoms with Gasteiger partial charge in [-0.2, -0.15) is 4.68 Å². The highest BCUT2D eigenvalue weighted by Gasteiger charge is 2.26. The van der Waals surface area contributed by atoms with Crippen molar-refractivity contribution in [3.8, 4) is 5.69 Å². The molecule has 2 rings (SSSR count). The number of carbonyl (C=O) groups excluding carboxylic acids is 1. The maximum absolute atomic E-state index is 12.4. The second-order valence-corrected chi connectivity index (χ2v) is 6.05. The molecule has 0 saturated heterocycles. The maximum atomic E-state index is 12.4. The van der Waals surface area contributed by atoms with Crippen LogP contribution in [0.15, 0.2) is 24.5 Å². The molecule has 0 bridgehead atoms. The fourth-order valence-electron chi connectivity index (χ4n) is 1.72. The van der Waals surface area contributed by atoms with Gasteiger partial charge in [0.15, 0.2) is 0 Å². The number of aliphatic hydroxyl groups is 1. The summed E-state index contributed by atoms with van der Waals surface area (Å²) in [5, 5.41) is 24.3. The van der Waals surface area contributed by atoms with Crippen LogP contribution in [-0.2, 0) is 0 Å². The molecule has 0 saturated carbocycles. The van der Waals surface area contributed by atoms with Crippen molar-refractivity contribution in [2.75, 3.05) is 6.54 Å². The molecule has 2 aromatic rings. The number of tetrazole rings is 1. The molecule has 8 heteroatoms. The molecular formula is C14H18ClN5O2. The molecule has 2 N–H and O–H groups in total. The lowest BCUT2D eigenvalue weighted by molar-refractivity contribution is 0.0142. The third-order valence-electron chi connectivity index (χ3n) is 3.65. The molecule has 1 heterocycles. The predicted octanol–water partition coefficient (Wildman–Crippen LogP) is 1.45. The molecule has 1 amide bonds. The van der Waals surface area contributed by atoms with Crippen LogP contribution in [0.4, 0.5) is 0 Å². The first-order valence-corrected chi connectivity index (χ1v) is 7.22. The largest absolute Gasteiger partial charge is 0.388 e. The monoisotopic (exact) mass is 323 g/mol. The second kappa shape index (κ2) is 6.41. The van der Waals surface area contributed by atoms with E-state index in [1.165, 1.54) is 17.1 Å². The van der Waals surface area contributed by atoms with Gasteiger partial charge in [0.05, 0.1) is 16.9 Å². The highest BCUT2D eigenvalue weighted by molar-refractivity contribution is 6.31. The third-order valence-corrected chi connectivity index (χ3v) is 3.88. The van der Waals surface area contributed by atoms with Crippen molar-refractivity contribution < 1.29 is 9.90 Å². The highest BCUT2D eigenvalue weighted by atomic mass is 35.5. The van der Waals surface area contributed by atoms with Crippen LogP contribution in [0.1, 0.15) is 31.1 Å². The van der Waals surface area contributed by atoms with Crippen molar-refractivity contribution in [3.05, 3.63) is 35.1 Å². The number of hydrogen-bond acceptors (Lipinski definition) is 5. The van der Waals surface area contributed by atoms with Crippen molar-refractivity contribution in [3.63, 3.8) is 0 Å². The molecule has 1 aromatic heterocycles. The van der Waals surface area contributed by atoms with Crippen LogP contribution in [0.25, 0.3) is 5.69 Å². The normalized spacial score (nSPS) is 13.9. The SMILES string of the molecule is CC(C)C(C)(O)CNC(=O)c1cc(Cl)ccc1-n1cnnn1. The number of nitrogens with zero attached hydrogens (tertiary/aromatic N) is 4. The molecule has 118 valence electrons. The van der Waals surface area contributed by atoms with E-state index in [2.05, 4.69) is 20.8 Å². The summed E-state index contributed by atoms with van der Waals surface area (Å²) in [6.07, 6.45) is 1.39. The Hall–Kier alpha value is -1.99. The molecule has 0 spiro atoms. The summed E-state index contributed by atoms with van der Waals surface area (Å²) in [6.45, 7) is 5.58. The average molecular weight is 324 g/mol. The smallest absolute Gasteiger partial charge is 0.253 e. The van der Waals surface area contributed by atoms with E-state index in [1.54, 1.807) is 19.1 Å². The Morgan fingerprint density at radius 1 is 1.50 bits per heavy atom. The van der Waals surface area contributed by atoms with Crippen LogP contribution in [-0.4, -0.2) is 43.4 Å². The van der Waals surface area contributed by atoms with Crippen molar-refractivity contribution in [1.29, 1.82) is 0 Å². The molecule has 0 aliphatic rings. The fraction of sp³-hybridized carbons (Fsp3) is 0.429. The van der Waals surface area contributed by atoms with E-state index >= 15 is 0 Å². The van der Waals surface area contributed by atoms with Gasteiger partial charge in [-0.3, -0.25) is 4.79 Å². The zero-order valence-corrected chi connectivity index (χ0v) is 13.4. The zero-order chi connectivity index (χ0) is 16.3.